The topological polar surface area (TPSA) is 29.1 Å². The van der Waals surface area contributed by atoms with Gasteiger partial charge in [0.1, 0.15) is 5.82 Å². The van der Waals surface area contributed by atoms with Crippen molar-refractivity contribution in [1.82, 2.24) is 0 Å². The molecule has 2 rings (SSSR count). The van der Waals surface area contributed by atoms with E-state index in [-0.39, 0.29) is 11.7 Å². The molecule has 0 spiro atoms. The van der Waals surface area contributed by atoms with Crippen LogP contribution in [0.2, 0.25) is 5.02 Å². The Hall–Kier alpha value is -1.14. The first-order valence-electron chi connectivity index (χ1n) is 5.08. The average Bonchev–Trinajstić information content (AvgIpc) is 2.33. The summed E-state index contributed by atoms with van der Waals surface area (Å²) in [6, 6.07) is 10.6. The van der Waals surface area contributed by atoms with Crippen molar-refractivity contribution in [2.45, 2.75) is 0 Å². The second-order valence-corrected chi connectivity index (χ2v) is 5.24. The number of carbonyl (C=O) groups is 1. The summed E-state index contributed by atoms with van der Waals surface area (Å²) in [5.74, 6) is -0.697. The van der Waals surface area contributed by atoms with Crippen LogP contribution in [0, 0.1) is 9.39 Å². The summed E-state index contributed by atoms with van der Waals surface area (Å²) in [6.07, 6.45) is 0. The van der Waals surface area contributed by atoms with E-state index in [1.165, 1.54) is 24.3 Å². The van der Waals surface area contributed by atoms with E-state index in [1.807, 2.05) is 6.07 Å². The number of halogens is 3. The van der Waals surface area contributed by atoms with Gasteiger partial charge in [-0.05, 0) is 65.1 Å². The summed E-state index contributed by atoms with van der Waals surface area (Å²) in [6.45, 7) is 0. The Morgan fingerprint density at radius 2 is 1.83 bits per heavy atom. The van der Waals surface area contributed by atoms with Gasteiger partial charge in [0, 0.05) is 9.13 Å². The summed E-state index contributed by atoms with van der Waals surface area (Å²) in [5, 5.41) is 3.15. The molecule has 0 bridgehead atoms. The first-order chi connectivity index (χ1) is 8.56. The van der Waals surface area contributed by atoms with E-state index < -0.39 is 0 Å². The van der Waals surface area contributed by atoms with E-state index in [0.29, 0.717) is 16.3 Å². The van der Waals surface area contributed by atoms with Crippen molar-refractivity contribution < 1.29 is 9.18 Å². The molecule has 1 N–H and O–H groups in total. The fourth-order valence-electron chi connectivity index (χ4n) is 1.39. The van der Waals surface area contributed by atoms with Crippen LogP contribution >= 0.6 is 34.2 Å². The molecule has 0 aromatic heterocycles. The fourth-order valence-corrected chi connectivity index (χ4v) is 2.29. The molecule has 2 nitrogen and oxygen atoms in total. The molecule has 0 atom stereocenters. The number of carbonyl (C=O) groups excluding carboxylic acids is 1. The van der Waals surface area contributed by atoms with Crippen LogP contribution in [-0.2, 0) is 0 Å². The highest BCUT2D eigenvalue weighted by atomic mass is 127. The second kappa shape index (κ2) is 5.67. The third kappa shape index (κ3) is 3.20. The van der Waals surface area contributed by atoms with Gasteiger partial charge in [0.25, 0.3) is 5.91 Å². The Bertz CT molecular complexity index is 586. The Labute approximate surface area is 122 Å². The highest BCUT2D eigenvalue weighted by Crippen LogP contribution is 2.24. The number of anilines is 1. The molecule has 0 aliphatic heterocycles. The average molecular weight is 376 g/mol. The SMILES string of the molecule is O=C(Nc1ccc(I)cc1Cl)c1ccc(F)cc1. The monoisotopic (exact) mass is 375 g/mol. The zero-order chi connectivity index (χ0) is 13.1. The summed E-state index contributed by atoms with van der Waals surface area (Å²) in [7, 11) is 0. The van der Waals surface area contributed by atoms with Gasteiger partial charge in [-0.15, -0.1) is 0 Å². The standard InChI is InChI=1S/C13H8ClFINO/c14-11-7-10(16)5-6-12(11)17-13(18)8-1-3-9(15)4-2-8/h1-7H,(H,17,18). The third-order valence-electron chi connectivity index (χ3n) is 2.29. The van der Waals surface area contributed by atoms with Gasteiger partial charge in [0.2, 0.25) is 0 Å². The number of amides is 1. The van der Waals surface area contributed by atoms with Gasteiger partial charge in [-0.2, -0.15) is 0 Å². The van der Waals surface area contributed by atoms with Crippen molar-refractivity contribution in [3.8, 4) is 0 Å². The summed E-state index contributed by atoms with van der Waals surface area (Å²) in [5.41, 5.74) is 0.914. The lowest BCUT2D eigenvalue weighted by Gasteiger charge is -2.07. The molecule has 0 fully saturated rings. The molecule has 0 saturated carbocycles. The van der Waals surface area contributed by atoms with E-state index in [4.69, 9.17) is 11.6 Å². The summed E-state index contributed by atoms with van der Waals surface area (Å²) in [4.78, 5) is 11.9. The predicted molar refractivity (Wildman–Crippen MR) is 78.5 cm³/mol. The van der Waals surface area contributed by atoms with E-state index >= 15 is 0 Å². The number of hydrogen-bond acceptors (Lipinski definition) is 1. The highest BCUT2D eigenvalue weighted by Gasteiger charge is 2.08. The van der Waals surface area contributed by atoms with E-state index in [2.05, 4.69) is 27.9 Å². The lowest BCUT2D eigenvalue weighted by atomic mass is 10.2. The minimum absolute atomic E-state index is 0.321. The molecule has 92 valence electrons. The van der Waals surface area contributed by atoms with Crippen LogP contribution in [0.1, 0.15) is 10.4 Å². The minimum atomic E-state index is -0.376. The van der Waals surface area contributed by atoms with Gasteiger partial charge in [0.15, 0.2) is 0 Å². The molecule has 0 heterocycles. The van der Waals surface area contributed by atoms with E-state index in [9.17, 15) is 9.18 Å². The Balaban J connectivity index is 2.18. The molecule has 5 heteroatoms. The van der Waals surface area contributed by atoms with Gasteiger partial charge in [-0.25, -0.2) is 4.39 Å². The van der Waals surface area contributed by atoms with Gasteiger partial charge in [-0.3, -0.25) is 4.79 Å². The van der Waals surface area contributed by atoms with Crippen molar-refractivity contribution in [2.75, 3.05) is 5.32 Å². The lowest BCUT2D eigenvalue weighted by Crippen LogP contribution is -2.12. The maximum atomic E-state index is 12.7. The first-order valence-corrected chi connectivity index (χ1v) is 6.54. The molecule has 2 aromatic carbocycles. The largest absolute Gasteiger partial charge is 0.321 e. The number of benzene rings is 2. The zero-order valence-corrected chi connectivity index (χ0v) is 12.0. The van der Waals surface area contributed by atoms with Gasteiger partial charge < -0.3 is 5.32 Å². The quantitative estimate of drug-likeness (QED) is 0.778. The van der Waals surface area contributed by atoms with Crippen LogP contribution in [0.15, 0.2) is 42.5 Å². The molecular weight excluding hydrogens is 368 g/mol. The van der Waals surface area contributed by atoms with Gasteiger partial charge in [-0.1, -0.05) is 11.6 Å². The molecule has 0 saturated heterocycles. The van der Waals surface area contributed by atoms with Crippen LogP contribution in [-0.4, -0.2) is 5.91 Å². The minimum Gasteiger partial charge on any atom is -0.321 e. The third-order valence-corrected chi connectivity index (χ3v) is 3.27. The maximum Gasteiger partial charge on any atom is 0.255 e. The molecule has 0 radical (unpaired) electrons. The van der Waals surface area contributed by atoms with Crippen molar-refractivity contribution in [1.29, 1.82) is 0 Å². The molecule has 0 aliphatic carbocycles. The van der Waals surface area contributed by atoms with Gasteiger partial charge >= 0.3 is 0 Å². The Morgan fingerprint density at radius 1 is 1.17 bits per heavy atom. The second-order valence-electron chi connectivity index (χ2n) is 3.59. The Morgan fingerprint density at radius 3 is 2.44 bits per heavy atom. The molecule has 1 amide bonds. The molecule has 0 aliphatic rings. The highest BCUT2D eigenvalue weighted by molar-refractivity contribution is 14.1. The first kappa shape index (κ1) is 13.3. The lowest BCUT2D eigenvalue weighted by molar-refractivity contribution is 0.102. The van der Waals surface area contributed by atoms with E-state index in [1.54, 1.807) is 12.1 Å². The van der Waals surface area contributed by atoms with Crippen molar-refractivity contribution in [2.24, 2.45) is 0 Å². The number of rotatable bonds is 2. The zero-order valence-electron chi connectivity index (χ0n) is 9.08. The van der Waals surface area contributed by atoms with Crippen LogP contribution in [0.3, 0.4) is 0 Å². The molecule has 0 unspecified atom stereocenters. The van der Waals surface area contributed by atoms with Gasteiger partial charge in [0.05, 0.1) is 10.7 Å². The smallest absolute Gasteiger partial charge is 0.255 e. The van der Waals surface area contributed by atoms with Crippen molar-refractivity contribution in [3.05, 3.63) is 62.4 Å². The number of hydrogen-bond donors (Lipinski definition) is 1. The van der Waals surface area contributed by atoms with Crippen LogP contribution in [0.4, 0.5) is 10.1 Å². The van der Waals surface area contributed by atoms with Crippen molar-refractivity contribution >= 4 is 45.8 Å². The molecule has 2 aromatic rings. The summed E-state index contributed by atoms with van der Waals surface area (Å²) >= 11 is 8.14. The fraction of sp³-hybridized carbons (Fsp3) is 0. The van der Waals surface area contributed by atoms with Crippen LogP contribution in [0.25, 0.3) is 0 Å². The summed E-state index contributed by atoms with van der Waals surface area (Å²) < 4.78 is 13.7. The predicted octanol–water partition coefficient (Wildman–Crippen LogP) is 4.34. The normalized spacial score (nSPS) is 10.2. The van der Waals surface area contributed by atoms with Crippen molar-refractivity contribution in [3.63, 3.8) is 0 Å². The molecule has 18 heavy (non-hydrogen) atoms. The Kier molecular flexibility index (Phi) is 4.19. The number of nitrogens with one attached hydrogen (secondary N) is 1. The van der Waals surface area contributed by atoms with Crippen LogP contribution in [0.5, 0.6) is 0 Å². The maximum absolute atomic E-state index is 12.7. The molecular formula is C13H8ClFINO. The van der Waals surface area contributed by atoms with E-state index in [0.717, 1.165) is 3.57 Å². The van der Waals surface area contributed by atoms with Crippen LogP contribution < -0.4 is 5.32 Å².